The second-order valence-corrected chi connectivity index (χ2v) is 7.50. The molecule has 1 aromatic heterocycles. The molecule has 1 atom stereocenters. The number of ketones is 1. The molecule has 4 nitrogen and oxygen atoms in total. The zero-order valence-electron chi connectivity index (χ0n) is 15.3. The molecule has 0 aliphatic rings. The smallest absolute Gasteiger partial charge is 0.209 e. The number of aryl methyl sites for hydroxylation is 2. The van der Waals surface area contributed by atoms with E-state index in [-0.39, 0.29) is 11.0 Å². The minimum absolute atomic E-state index is 0.0938. The molecule has 26 heavy (non-hydrogen) atoms. The molecule has 0 unspecified atom stereocenters. The van der Waals surface area contributed by atoms with Crippen molar-refractivity contribution in [3.8, 4) is 11.4 Å². The van der Waals surface area contributed by atoms with E-state index in [1.54, 1.807) is 0 Å². The molecule has 1 heterocycles. The molecule has 0 amide bonds. The number of thioether (sulfide) groups is 1. The van der Waals surface area contributed by atoms with Crippen LogP contribution in [0.4, 0.5) is 0 Å². The summed E-state index contributed by atoms with van der Waals surface area (Å²) >= 11 is 1.38. The molecule has 3 aromatic rings. The molecule has 2 aromatic carbocycles. The average Bonchev–Trinajstić information content (AvgIpc) is 3.16. The van der Waals surface area contributed by atoms with Gasteiger partial charge in [0.05, 0.1) is 5.25 Å². The predicted octanol–water partition coefficient (Wildman–Crippen LogP) is 4.96. The van der Waals surface area contributed by atoms with Crippen LogP contribution in [0.2, 0.25) is 0 Å². The normalized spacial score (nSPS) is 12.1. The lowest BCUT2D eigenvalue weighted by Gasteiger charge is -2.08. The van der Waals surface area contributed by atoms with E-state index in [4.69, 9.17) is 0 Å². The van der Waals surface area contributed by atoms with Gasteiger partial charge < -0.3 is 0 Å². The van der Waals surface area contributed by atoms with Crippen molar-refractivity contribution >= 4 is 17.5 Å². The summed E-state index contributed by atoms with van der Waals surface area (Å²) in [6.45, 7) is 6.13. The standard InChI is InChI=1S/C21H23N3OS/c1-4-15-6-10-17(11-7-15)19(25)14(3)26-21-22-20(23-24-21)18-12-8-16(5-2)9-13-18/h6-14H,4-5H2,1-3H3,(H,22,23,24)/t14-/m0/s1. The lowest BCUT2D eigenvalue weighted by molar-refractivity contribution is 0.0994. The third kappa shape index (κ3) is 4.22. The Morgan fingerprint density at radius 3 is 2.15 bits per heavy atom. The van der Waals surface area contributed by atoms with E-state index >= 15 is 0 Å². The van der Waals surface area contributed by atoms with Crippen LogP contribution in [0.25, 0.3) is 11.4 Å². The Bertz CT molecular complexity index is 869. The largest absolute Gasteiger partial charge is 0.293 e. The Morgan fingerprint density at radius 1 is 1.00 bits per heavy atom. The maximum Gasteiger partial charge on any atom is 0.209 e. The Kier molecular flexibility index (Phi) is 5.89. The molecule has 0 spiro atoms. The molecule has 0 saturated heterocycles. The average molecular weight is 366 g/mol. The highest BCUT2D eigenvalue weighted by Gasteiger charge is 2.19. The number of Topliss-reactive ketones (excluding diaryl/α,β-unsaturated/α-hetero) is 1. The Hall–Kier alpha value is -2.40. The van der Waals surface area contributed by atoms with Crippen molar-refractivity contribution < 1.29 is 4.79 Å². The topological polar surface area (TPSA) is 58.6 Å². The molecule has 0 radical (unpaired) electrons. The van der Waals surface area contributed by atoms with Crippen LogP contribution < -0.4 is 0 Å². The van der Waals surface area contributed by atoms with Gasteiger partial charge in [0.2, 0.25) is 5.16 Å². The van der Waals surface area contributed by atoms with E-state index in [0.717, 1.165) is 29.8 Å². The third-order valence-corrected chi connectivity index (χ3v) is 5.36. The van der Waals surface area contributed by atoms with Crippen molar-refractivity contribution in [2.75, 3.05) is 0 Å². The van der Waals surface area contributed by atoms with Gasteiger partial charge in [0, 0.05) is 11.1 Å². The summed E-state index contributed by atoms with van der Waals surface area (Å²) in [5, 5.41) is 7.57. The minimum Gasteiger partial charge on any atom is -0.293 e. The Morgan fingerprint density at radius 2 is 1.58 bits per heavy atom. The van der Waals surface area contributed by atoms with Crippen molar-refractivity contribution in [2.45, 2.75) is 44.0 Å². The van der Waals surface area contributed by atoms with Gasteiger partial charge in [0.1, 0.15) is 0 Å². The first-order chi connectivity index (χ1) is 12.6. The van der Waals surface area contributed by atoms with E-state index in [9.17, 15) is 4.79 Å². The molecular weight excluding hydrogens is 342 g/mol. The van der Waals surface area contributed by atoms with Gasteiger partial charge >= 0.3 is 0 Å². The molecule has 5 heteroatoms. The number of aromatic nitrogens is 3. The third-order valence-electron chi connectivity index (χ3n) is 4.40. The highest BCUT2D eigenvalue weighted by atomic mass is 32.2. The molecule has 0 aliphatic carbocycles. The van der Waals surface area contributed by atoms with Gasteiger partial charge in [0.15, 0.2) is 11.6 Å². The van der Waals surface area contributed by atoms with Crippen LogP contribution in [-0.2, 0) is 12.8 Å². The summed E-state index contributed by atoms with van der Waals surface area (Å²) in [6, 6.07) is 16.1. The summed E-state index contributed by atoms with van der Waals surface area (Å²) in [6.07, 6.45) is 1.98. The number of carbonyl (C=O) groups is 1. The van der Waals surface area contributed by atoms with E-state index < -0.39 is 0 Å². The van der Waals surface area contributed by atoms with Crippen LogP contribution in [0.5, 0.6) is 0 Å². The fourth-order valence-electron chi connectivity index (χ4n) is 2.68. The highest BCUT2D eigenvalue weighted by Crippen LogP contribution is 2.25. The second-order valence-electron chi connectivity index (χ2n) is 6.19. The van der Waals surface area contributed by atoms with E-state index in [1.165, 1.54) is 22.9 Å². The van der Waals surface area contributed by atoms with Crippen molar-refractivity contribution in [3.63, 3.8) is 0 Å². The summed E-state index contributed by atoms with van der Waals surface area (Å²) in [7, 11) is 0. The highest BCUT2D eigenvalue weighted by molar-refractivity contribution is 8.00. The SMILES string of the molecule is CCc1ccc(C(=O)[C@H](C)Sc2n[nH]c(-c3ccc(CC)cc3)n2)cc1. The number of hydrogen-bond donors (Lipinski definition) is 1. The lowest BCUT2D eigenvalue weighted by Crippen LogP contribution is -2.13. The monoisotopic (exact) mass is 365 g/mol. The zero-order chi connectivity index (χ0) is 18.5. The Labute approximate surface area is 158 Å². The predicted molar refractivity (Wildman–Crippen MR) is 107 cm³/mol. The fraction of sp³-hybridized carbons (Fsp3) is 0.286. The molecule has 134 valence electrons. The van der Waals surface area contributed by atoms with Crippen LogP contribution in [-0.4, -0.2) is 26.2 Å². The lowest BCUT2D eigenvalue weighted by atomic mass is 10.1. The molecule has 0 bridgehead atoms. The van der Waals surface area contributed by atoms with Crippen LogP contribution >= 0.6 is 11.8 Å². The summed E-state index contributed by atoms with van der Waals surface area (Å²) < 4.78 is 0. The first-order valence-electron chi connectivity index (χ1n) is 8.92. The first-order valence-corrected chi connectivity index (χ1v) is 9.80. The molecule has 1 N–H and O–H groups in total. The maximum absolute atomic E-state index is 12.6. The number of nitrogens with zero attached hydrogens (tertiary/aromatic N) is 2. The van der Waals surface area contributed by atoms with Crippen LogP contribution in [0.1, 0.15) is 42.3 Å². The number of aromatic amines is 1. The zero-order valence-corrected chi connectivity index (χ0v) is 16.1. The first kappa shape index (κ1) is 18.4. The van der Waals surface area contributed by atoms with Crippen LogP contribution in [0.3, 0.4) is 0 Å². The van der Waals surface area contributed by atoms with Gasteiger partial charge in [-0.3, -0.25) is 9.89 Å². The molecule has 0 saturated carbocycles. The molecule has 0 aliphatic heterocycles. The number of H-pyrrole nitrogens is 1. The number of hydrogen-bond acceptors (Lipinski definition) is 4. The van der Waals surface area contributed by atoms with Crippen LogP contribution in [0, 0.1) is 0 Å². The van der Waals surface area contributed by atoms with Gasteiger partial charge in [-0.15, -0.1) is 5.10 Å². The number of carbonyl (C=O) groups excluding carboxylic acids is 1. The molecule has 3 rings (SSSR count). The molecular formula is C21H23N3OS. The molecule has 0 fully saturated rings. The van der Waals surface area contributed by atoms with Gasteiger partial charge in [-0.05, 0) is 30.9 Å². The van der Waals surface area contributed by atoms with Crippen LogP contribution in [0.15, 0.2) is 53.7 Å². The summed E-state index contributed by atoms with van der Waals surface area (Å²) in [5.41, 5.74) is 4.24. The van der Waals surface area contributed by atoms with Gasteiger partial charge in [-0.2, -0.15) is 0 Å². The van der Waals surface area contributed by atoms with Crippen molar-refractivity contribution in [1.82, 2.24) is 15.2 Å². The van der Waals surface area contributed by atoms with Crippen molar-refractivity contribution in [2.24, 2.45) is 0 Å². The summed E-state index contributed by atoms with van der Waals surface area (Å²) in [4.78, 5) is 17.1. The second kappa shape index (κ2) is 8.32. The number of rotatable bonds is 7. The van der Waals surface area contributed by atoms with E-state index in [0.29, 0.717) is 5.16 Å². The quantitative estimate of drug-likeness (QED) is 0.475. The van der Waals surface area contributed by atoms with Gasteiger partial charge in [-0.1, -0.05) is 74.1 Å². The number of nitrogens with one attached hydrogen (secondary N) is 1. The van der Waals surface area contributed by atoms with Crippen molar-refractivity contribution in [1.29, 1.82) is 0 Å². The van der Waals surface area contributed by atoms with Gasteiger partial charge in [-0.25, -0.2) is 4.98 Å². The van der Waals surface area contributed by atoms with E-state index in [2.05, 4.69) is 41.2 Å². The minimum atomic E-state index is -0.242. The fourth-order valence-corrected chi connectivity index (χ4v) is 3.48. The van der Waals surface area contributed by atoms with Crippen molar-refractivity contribution in [3.05, 3.63) is 65.2 Å². The maximum atomic E-state index is 12.6. The number of benzene rings is 2. The summed E-state index contributed by atoms with van der Waals surface area (Å²) in [5.74, 6) is 0.818. The van der Waals surface area contributed by atoms with Gasteiger partial charge in [0.25, 0.3) is 0 Å². The Balaban J connectivity index is 1.68. The van der Waals surface area contributed by atoms with E-state index in [1.807, 2.05) is 43.3 Å².